The maximum absolute atomic E-state index is 15.1. The summed E-state index contributed by atoms with van der Waals surface area (Å²) in [5.41, 5.74) is 1.95. The fraction of sp³-hybridized carbons (Fsp3) is 0.220. The number of phenols is 1. The molecule has 4 aliphatic rings. The van der Waals surface area contributed by atoms with Crippen LogP contribution in [-0.2, 0) is 24.6 Å². The molecule has 49 heavy (non-hydrogen) atoms. The summed E-state index contributed by atoms with van der Waals surface area (Å²) in [4.78, 5) is 59.8. The number of carbonyl (C=O) groups excluding carboxylic acids is 4. The van der Waals surface area contributed by atoms with Crippen LogP contribution < -0.4 is 9.64 Å². The second-order valence-corrected chi connectivity index (χ2v) is 14.1. The molecule has 3 aliphatic carbocycles. The Labute approximate surface area is 292 Å². The van der Waals surface area contributed by atoms with Crippen LogP contribution in [0.15, 0.2) is 125 Å². The van der Waals surface area contributed by atoms with Crippen LogP contribution in [0, 0.1) is 23.7 Å². The van der Waals surface area contributed by atoms with Crippen molar-refractivity contribution in [2.24, 2.45) is 23.7 Å². The Bertz CT molecular complexity index is 2090. The predicted octanol–water partition coefficient (Wildman–Crippen LogP) is 7.19. The maximum Gasteiger partial charge on any atom is 0.238 e. The predicted molar refractivity (Wildman–Crippen MR) is 188 cm³/mol. The third kappa shape index (κ3) is 4.61. The first-order valence-corrected chi connectivity index (χ1v) is 17.2. The third-order valence-electron chi connectivity index (χ3n) is 11.0. The van der Waals surface area contributed by atoms with Crippen molar-refractivity contribution >= 4 is 50.6 Å². The lowest BCUT2D eigenvalue weighted by molar-refractivity contribution is -0.135. The zero-order valence-electron chi connectivity index (χ0n) is 26.6. The molecule has 8 rings (SSSR count). The number of fused-ring (bicyclic) bond motifs is 4. The van der Waals surface area contributed by atoms with Crippen LogP contribution in [0.1, 0.15) is 35.4 Å². The monoisotopic (exact) mass is 713 g/mol. The van der Waals surface area contributed by atoms with Crippen LogP contribution >= 0.6 is 15.9 Å². The minimum atomic E-state index is -1.42. The second kappa shape index (κ2) is 11.8. The summed E-state index contributed by atoms with van der Waals surface area (Å²) in [7, 11) is 1.51. The largest absolute Gasteiger partial charge is 0.508 e. The average molecular weight is 715 g/mol. The van der Waals surface area contributed by atoms with E-state index in [1.165, 1.54) is 24.2 Å². The molecule has 7 nitrogen and oxygen atoms in total. The Balaban J connectivity index is 1.36. The Morgan fingerprint density at radius 2 is 1.53 bits per heavy atom. The number of hydrogen-bond acceptors (Lipinski definition) is 6. The van der Waals surface area contributed by atoms with Gasteiger partial charge < -0.3 is 9.84 Å². The van der Waals surface area contributed by atoms with Gasteiger partial charge in [-0.1, -0.05) is 94.3 Å². The van der Waals surface area contributed by atoms with Crippen molar-refractivity contribution in [2.45, 2.75) is 24.2 Å². The van der Waals surface area contributed by atoms with Gasteiger partial charge in [0.25, 0.3) is 0 Å². The fourth-order valence-electron chi connectivity index (χ4n) is 8.96. The molecule has 1 saturated carbocycles. The summed E-state index contributed by atoms with van der Waals surface area (Å²) in [6.45, 7) is 0. The van der Waals surface area contributed by atoms with E-state index in [9.17, 15) is 19.5 Å². The molecule has 1 heterocycles. The van der Waals surface area contributed by atoms with Gasteiger partial charge in [-0.15, -0.1) is 0 Å². The lowest BCUT2D eigenvalue weighted by atomic mass is 9.44. The van der Waals surface area contributed by atoms with E-state index in [1.54, 1.807) is 36.4 Å². The number of rotatable bonds is 5. The van der Waals surface area contributed by atoms with E-state index >= 15 is 4.79 Å². The van der Waals surface area contributed by atoms with E-state index in [0.29, 0.717) is 40.1 Å². The number of benzene rings is 4. The standard InChI is InChI=1S/C41H32BrNO6/c1-49-27-16-17-29(34(44)20-27)37-28-18-19-30-36(40(48)43(39(30)47)26-14-12-25(42)13-15-26)32(28)21-33-38(46)31(23-8-4-2-5-9-23)22-35(45)41(33,37)24-10-6-3-7-11-24/h2-18,20,22,30,32-33,36-37,44H,19,21H2,1H3/t30-,32+,33-,36-,37+,41-/m0/s1. The van der Waals surface area contributed by atoms with Crippen molar-refractivity contribution in [3.05, 3.63) is 142 Å². The minimum absolute atomic E-state index is 0.0783. The quantitative estimate of drug-likeness (QED) is 0.174. The number of Topliss-reactive ketones (excluding diaryl/α,β-unsaturated/α-hetero) is 1. The average Bonchev–Trinajstić information content (AvgIpc) is 3.39. The molecule has 0 spiro atoms. The van der Waals surface area contributed by atoms with E-state index in [4.69, 9.17) is 4.74 Å². The van der Waals surface area contributed by atoms with E-state index < -0.39 is 35.0 Å². The SMILES string of the molecule is COc1ccc([C@H]2C3=CC[C@@H]4C(=O)N(c5ccc(Br)cc5)C(=O)[C@@H]4[C@@H]3C[C@H]3C(=O)C(c4ccccc4)=CC(=O)[C@@]23c2ccccc2)c(O)c1. The smallest absolute Gasteiger partial charge is 0.238 e. The van der Waals surface area contributed by atoms with Gasteiger partial charge in [-0.05, 0) is 66.3 Å². The molecule has 1 aliphatic heterocycles. The normalized spacial score (nSPS) is 27.6. The van der Waals surface area contributed by atoms with Gasteiger partial charge >= 0.3 is 0 Å². The van der Waals surface area contributed by atoms with E-state index in [-0.39, 0.29) is 35.6 Å². The zero-order valence-corrected chi connectivity index (χ0v) is 28.2. The van der Waals surface area contributed by atoms with E-state index in [1.807, 2.05) is 66.7 Å². The van der Waals surface area contributed by atoms with Gasteiger partial charge in [-0.25, -0.2) is 0 Å². The summed E-state index contributed by atoms with van der Waals surface area (Å²) in [5.74, 6) is -4.24. The number of halogens is 1. The number of nitrogens with zero attached hydrogens (tertiary/aromatic N) is 1. The Morgan fingerprint density at radius 3 is 2.20 bits per heavy atom. The number of imide groups is 1. The van der Waals surface area contributed by atoms with Gasteiger partial charge in [0.1, 0.15) is 11.5 Å². The lowest BCUT2D eigenvalue weighted by Crippen LogP contribution is -2.58. The zero-order chi connectivity index (χ0) is 34.0. The maximum atomic E-state index is 15.1. The Hall–Kier alpha value is -5.08. The van der Waals surface area contributed by atoms with Crippen LogP contribution in [0.5, 0.6) is 11.5 Å². The first-order chi connectivity index (χ1) is 23.7. The second-order valence-electron chi connectivity index (χ2n) is 13.2. The molecule has 1 N–H and O–H groups in total. The summed E-state index contributed by atoms with van der Waals surface area (Å²) in [6.07, 6.45) is 3.95. The number of aromatic hydroxyl groups is 1. The highest BCUT2D eigenvalue weighted by atomic mass is 79.9. The third-order valence-corrected chi connectivity index (χ3v) is 11.5. The summed E-state index contributed by atoms with van der Waals surface area (Å²) >= 11 is 3.43. The highest BCUT2D eigenvalue weighted by molar-refractivity contribution is 9.10. The molecular formula is C41H32BrNO6. The van der Waals surface area contributed by atoms with Crippen LogP contribution in [0.25, 0.3) is 5.57 Å². The molecule has 0 unspecified atom stereocenters. The topological polar surface area (TPSA) is 101 Å². The van der Waals surface area contributed by atoms with Crippen LogP contribution in [-0.4, -0.2) is 35.6 Å². The van der Waals surface area contributed by atoms with Crippen LogP contribution in [0.2, 0.25) is 0 Å². The molecule has 8 heteroatoms. The number of hydrogen-bond donors (Lipinski definition) is 1. The first kappa shape index (κ1) is 31.2. The van der Waals surface area contributed by atoms with Crippen molar-refractivity contribution in [2.75, 3.05) is 12.0 Å². The van der Waals surface area contributed by atoms with Crippen molar-refractivity contribution in [3.63, 3.8) is 0 Å². The van der Waals surface area contributed by atoms with E-state index in [2.05, 4.69) is 15.9 Å². The van der Waals surface area contributed by atoms with Gasteiger partial charge in [0.2, 0.25) is 11.8 Å². The van der Waals surface area contributed by atoms with Crippen molar-refractivity contribution in [1.82, 2.24) is 0 Å². The van der Waals surface area contributed by atoms with Gasteiger partial charge in [0, 0.05) is 33.5 Å². The molecular weight excluding hydrogens is 682 g/mol. The molecule has 1 saturated heterocycles. The first-order valence-electron chi connectivity index (χ1n) is 16.4. The van der Waals surface area contributed by atoms with Gasteiger partial charge in [0.05, 0.1) is 30.0 Å². The number of ether oxygens (including phenoxy) is 1. The number of phenolic OH excluding ortho intramolecular Hbond substituents is 1. The molecule has 0 bridgehead atoms. The number of ketones is 2. The number of amides is 2. The van der Waals surface area contributed by atoms with Gasteiger partial charge in [0.15, 0.2) is 11.6 Å². The molecule has 6 atom stereocenters. The lowest BCUT2D eigenvalue weighted by Gasteiger charge is -2.55. The molecule has 0 radical (unpaired) electrons. The molecule has 0 aromatic heterocycles. The highest BCUT2D eigenvalue weighted by Crippen LogP contribution is 2.64. The van der Waals surface area contributed by atoms with Gasteiger partial charge in [-0.2, -0.15) is 0 Å². The summed E-state index contributed by atoms with van der Waals surface area (Å²) in [6, 6.07) is 30.5. The summed E-state index contributed by atoms with van der Waals surface area (Å²) in [5, 5.41) is 11.6. The fourth-order valence-corrected chi connectivity index (χ4v) is 9.22. The van der Waals surface area contributed by atoms with Crippen molar-refractivity contribution < 1.29 is 29.0 Å². The Kier molecular flexibility index (Phi) is 7.52. The number of carbonyl (C=O) groups is 4. The minimum Gasteiger partial charge on any atom is -0.508 e. The van der Waals surface area contributed by atoms with Crippen molar-refractivity contribution in [3.8, 4) is 11.5 Å². The number of methoxy groups -OCH3 is 1. The number of anilines is 1. The van der Waals surface area contributed by atoms with Gasteiger partial charge in [-0.3, -0.25) is 24.1 Å². The van der Waals surface area contributed by atoms with E-state index in [0.717, 1.165) is 10.0 Å². The molecule has 2 amide bonds. The molecule has 2 fully saturated rings. The molecule has 244 valence electrons. The number of allylic oxidation sites excluding steroid dienone is 4. The van der Waals surface area contributed by atoms with Crippen LogP contribution in [0.4, 0.5) is 5.69 Å². The Morgan fingerprint density at radius 1 is 0.837 bits per heavy atom. The van der Waals surface area contributed by atoms with Crippen LogP contribution in [0.3, 0.4) is 0 Å². The molecule has 4 aromatic rings. The summed E-state index contributed by atoms with van der Waals surface area (Å²) < 4.78 is 6.23. The van der Waals surface area contributed by atoms with Crippen molar-refractivity contribution in [1.29, 1.82) is 0 Å². The molecule has 4 aromatic carbocycles. The highest BCUT2D eigenvalue weighted by Gasteiger charge is 2.66.